The SMILES string of the molecule is CCn1c(=O)c2cnc(Nc3cnc4c(c3)CN(C(=O)OC(C)(C)C)CC4)nc2n1-c1cccc(C(C)(C)C)n1. The lowest BCUT2D eigenvalue weighted by molar-refractivity contribution is 0.0223. The molecule has 210 valence electrons. The van der Waals surface area contributed by atoms with Crippen LogP contribution in [0.3, 0.4) is 0 Å². The Kier molecular flexibility index (Phi) is 6.85. The van der Waals surface area contributed by atoms with Crippen LogP contribution in [-0.2, 0) is 29.7 Å². The van der Waals surface area contributed by atoms with Gasteiger partial charge in [-0.25, -0.2) is 24.1 Å². The van der Waals surface area contributed by atoms with E-state index < -0.39 is 5.60 Å². The third-order valence-electron chi connectivity index (χ3n) is 6.64. The van der Waals surface area contributed by atoms with Gasteiger partial charge in [0.2, 0.25) is 5.95 Å². The zero-order chi connectivity index (χ0) is 28.8. The molecule has 5 heterocycles. The Labute approximate surface area is 233 Å². The molecule has 0 aliphatic carbocycles. The normalized spacial score (nSPS) is 13.8. The summed E-state index contributed by atoms with van der Waals surface area (Å²) in [5.41, 5.74) is 3.04. The number of amides is 1. The van der Waals surface area contributed by atoms with Crippen LogP contribution >= 0.6 is 0 Å². The molecule has 0 spiro atoms. The second-order valence-electron chi connectivity index (χ2n) is 12.0. The third kappa shape index (κ3) is 5.41. The minimum atomic E-state index is -0.559. The molecular weight excluding hydrogens is 508 g/mol. The van der Waals surface area contributed by atoms with Gasteiger partial charge in [0.05, 0.1) is 18.4 Å². The minimum Gasteiger partial charge on any atom is -0.444 e. The maximum Gasteiger partial charge on any atom is 0.410 e. The Bertz CT molecular complexity index is 1640. The summed E-state index contributed by atoms with van der Waals surface area (Å²) >= 11 is 0. The molecule has 4 aromatic heterocycles. The summed E-state index contributed by atoms with van der Waals surface area (Å²) in [5, 5.41) is 3.63. The van der Waals surface area contributed by atoms with E-state index in [0.717, 1.165) is 17.0 Å². The van der Waals surface area contributed by atoms with Crippen molar-refractivity contribution in [3.05, 3.63) is 64.0 Å². The Hall–Kier alpha value is -4.28. The van der Waals surface area contributed by atoms with Crippen molar-refractivity contribution in [3.8, 4) is 5.82 Å². The molecule has 1 aliphatic heterocycles. The molecule has 4 aromatic rings. The molecule has 0 atom stereocenters. The molecule has 11 heteroatoms. The third-order valence-corrected chi connectivity index (χ3v) is 6.64. The van der Waals surface area contributed by atoms with E-state index in [4.69, 9.17) is 14.7 Å². The van der Waals surface area contributed by atoms with Crippen molar-refractivity contribution in [1.29, 1.82) is 0 Å². The zero-order valence-electron chi connectivity index (χ0n) is 24.1. The molecule has 1 aliphatic rings. The first-order valence-corrected chi connectivity index (χ1v) is 13.5. The average Bonchev–Trinajstić information content (AvgIpc) is 3.17. The Morgan fingerprint density at radius 2 is 1.85 bits per heavy atom. The lowest BCUT2D eigenvalue weighted by Crippen LogP contribution is -2.40. The first kappa shape index (κ1) is 27.3. The monoisotopic (exact) mass is 544 g/mol. The van der Waals surface area contributed by atoms with Crippen LogP contribution in [0.15, 0.2) is 41.5 Å². The van der Waals surface area contributed by atoms with E-state index in [9.17, 15) is 9.59 Å². The van der Waals surface area contributed by atoms with Crippen molar-refractivity contribution in [2.75, 3.05) is 11.9 Å². The van der Waals surface area contributed by atoms with Gasteiger partial charge >= 0.3 is 6.09 Å². The average molecular weight is 545 g/mol. The number of hydrogen-bond acceptors (Lipinski definition) is 8. The highest BCUT2D eigenvalue weighted by Gasteiger charge is 2.27. The summed E-state index contributed by atoms with van der Waals surface area (Å²) in [6.45, 7) is 15.2. The maximum absolute atomic E-state index is 13.2. The standard InChI is InChI=1S/C29H36N8O3/c1-8-36-25(38)20-16-31-26(34-24(20)37(36)23-11-9-10-22(33-23)28(2,3)4)32-19-14-18-17-35(13-12-21(18)30-15-19)27(39)40-29(5,6)7/h9-11,14-16H,8,12-13,17H2,1-7H3,(H,31,32,34). The summed E-state index contributed by atoms with van der Waals surface area (Å²) in [4.78, 5) is 46.1. The van der Waals surface area contributed by atoms with Crippen LogP contribution in [0.4, 0.5) is 16.4 Å². The smallest absolute Gasteiger partial charge is 0.410 e. The van der Waals surface area contributed by atoms with Gasteiger partial charge in [-0.05, 0) is 51.5 Å². The van der Waals surface area contributed by atoms with E-state index >= 15 is 0 Å². The topological polar surface area (TPSA) is 120 Å². The number of anilines is 2. The molecule has 1 N–H and O–H groups in total. The summed E-state index contributed by atoms with van der Waals surface area (Å²) < 4.78 is 8.92. The Morgan fingerprint density at radius 3 is 2.55 bits per heavy atom. The van der Waals surface area contributed by atoms with Crippen molar-refractivity contribution >= 4 is 28.8 Å². The molecule has 0 fully saturated rings. The number of hydrogen-bond donors (Lipinski definition) is 1. The van der Waals surface area contributed by atoms with E-state index in [1.165, 1.54) is 0 Å². The quantitative estimate of drug-likeness (QED) is 0.392. The fraction of sp³-hybridized carbons (Fsp3) is 0.448. The molecule has 40 heavy (non-hydrogen) atoms. The van der Waals surface area contributed by atoms with Crippen LogP contribution < -0.4 is 10.9 Å². The number of pyridine rings is 2. The molecule has 0 aromatic carbocycles. The molecule has 0 unspecified atom stereocenters. The zero-order valence-corrected chi connectivity index (χ0v) is 24.1. The first-order valence-electron chi connectivity index (χ1n) is 13.5. The van der Waals surface area contributed by atoms with Gasteiger partial charge in [0.1, 0.15) is 11.0 Å². The summed E-state index contributed by atoms with van der Waals surface area (Å²) in [7, 11) is 0. The largest absolute Gasteiger partial charge is 0.444 e. The summed E-state index contributed by atoms with van der Waals surface area (Å²) in [6.07, 6.45) is 3.58. The van der Waals surface area contributed by atoms with Crippen molar-refractivity contribution in [2.24, 2.45) is 0 Å². The van der Waals surface area contributed by atoms with Crippen LogP contribution in [0, 0.1) is 0 Å². The lowest BCUT2D eigenvalue weighted by Gasteiger charge is -2.31. The molecule has 0 radical (unpaired) electrons. The van der Waals surface area contributed by atoms with Gasteiger partial charge in [-0.3, -0.25) is 9.78 Å². The second-order valence-corrected chi connectivity index (χ2v) is 12.0. The highest BCUT2D eigenvalue weighted by molar-refractivity contribution is 5.77. The van der Waals surface area contributed by atoms with E-state index in [1.807, 2.05) is 52.0 Å². The number of fused-ring (bicyclic) bond motifs is 2. The second kappa shape index (κ2) is 10.0. The number of rotatable bonds is 4. The molecule has 0 saturated heterocycles. The highest BCUT2D eigenvalue weighted by atomic mass is 16.6. The molecule has 0 bridgehead atoms. The van der Waals surface area contributed by atoms with Crippen LogP contribution in [0.25, 0.3) is 16.9 Å². The molecule has 11 nitrogen and oxygen atoms in total. The van der Waals surface area contributed by atoms with Crippen molar-refractivity contribution in [1.82, 2.24) is 34.2 Å². The van der Waals surface area contributed by atoms with Crippen LogP contribution in [0.5, 0.6) is 0 Å². The van der Waals surface area contributed by atoms with Crippen molar-refractivity contribution in [2.45, 2.75) is 79.0 Å². The minimum absolute atomic E-state index is 0.156. The maximum atomic E-state index is 13.2. The van der Waals surface area contributed by atoms with Crippen LogP contribution in [0.1, 0.15) is 65.4 Å². The first-order chi connectivity index (χ1) is 18.8. The van der Waals surface area contributed by atoms with Crippen molar-refractivity contribution in [3.63, 3.8) is 0 Å². The van der Waals surface area contributed by atoms with E-state index in [1.54, 1.807) is 26.7 Å². The Balaban J connectivity index is 1.48. The van der Waals surface area contributed by atoms with Crippen LogP contribution in [0.2, 0.25) is 0 Å². The fourth-order valence-electron chi connectivity index (χ4n) is 4.67. The predicted molar refractivity (Wildman–Crippen MR) is 153 cm³/mol. The molecule has 0 saturated carbocycles. The fourth-order valence-corrected chi connectivity index (χ4v) is 4.67. The van der Waals surface area contributed by atoms with Gasteiger partial charge in [0.15, 0.2) is 11.5 Å². The van der Waals surface area contributed by atoms with Gasteiger partial charge in [-0.2, -0.15) is 4.98 Å². The van der Waals surface area contributed by atoms with Crippen LogP contribution in [-0.4, -0.2) is 52.4 Å². The Morgan fingerprint density at radius 1 is 1.07 bits per heavy atom. The van der Waals surface area contributed by atoms with Gasteiger partial charge in [-0.15, -0.1) is 0 Å². The van der Waals surface area contributed by atoms with Gasteiger partial charge in [0.25, 0.3) is 5.56 Å². The number of aromatic nitrogens is 6. The lowest BCUT2D eigenvalue weighted by atomic mass is 9.92. The molecular formula is C29H36N8O3. The van der Waals surface area contributed by atoms with Gasteiger partial charge < -0.3 is 15.0 Å². The highest BCUT2D eigenvalue weighted by Crippen LogP contribution is 2.25. The van der Waals surface area contributed by atoms with E-state index in [-0.39, 0.29) is 17.1 Å². The van der Waals surface area contributed by atoms with Gasteiger partial charge in [0, 0.05) is 42.5 Å². The van der Waals surface area contributed by atoms with Gasteiger partial charge in [-0.1, -0.05) is 26.8 Å². The summed E-state index contributed by atoms with van der Waals surface area (Å²) in [6, 6.07) is 7.75. The molecule has 5 rings (SSSR count). The number of carbonyl (C=O) groups is 1. The number of ether oxygens (including phenoxy) is 1. The number of nitrogens with zero attached hydrogens (tertiary/aromatic N) is 7. The van der Waals surface area contributed by atoms with Crippen molar-refractivity contribution < 1.29 is 9.53 Å². The number of carbonyl (C=O) groups excluding carboxylic acids is 1. The number of nitrogens with one attached hydrogen (secondary N) is 1. The predicted octanol–water partition coefficient (Wildman–Crippen LogP) is 4.73. The van der Waals surface area contributed by atoms with E-state index in [0.29, 0.717) is 54.5 Å². The van der Waals surface area contributed by atoms with E-state index in [2.05, 4.69) is 36.1 Å². The summed E-state index contributed by atoms with van der Waals surface area (Å²) in [5.74, 6) is 0.937. The molecule has 1 amide bonds.